The monoisotopic (exact) mass is 651 g/mol. The number of rotatable bonds is 4. The topological polar surface area (TPSA) is 134 Å². The molecule has 3 aliphatic rings. The number of hydrogen-bond acceptors (Lipinski definition) is 10. The Hall–Kier alpha value is -4.72. The predicted octanol–water partition coefficient (Wildman–Crippen LogP) is 5.48. The highest BCUT2D eigenvalue weighted by molar-refractivity contribution is 6.11. The quantitative estimate of drug-likeness (QED) is 0.424. The summed E-state index contributed by atoms with van der Waals surface area (Å²) in [5.41, 5.74) is -1.36. The van der Waals surface area contributed by atoms with Crippen molar-refractivity contribution in [2.75, 3.05) is 29.6 Å². The summed E-state index contributed by atoms with van der Waals surface area (Å²) in [5, 5.41) is 12.2. The number of aromatic nitrogens is 4. The molecule has 1 N–H and O–H groups in total. The van der Waals surface area contributed by atoms with Gasteiger partial charge in [-0.25, -0.2) is 38.0 Å². The lowest BCUT2D eigenvalue weighted by Gasteiger charge is -2.42. The first-order chi connectivity index (χ1) is 22.0. The van der Waals surface area contributed by atoms with Crippen molar-refractivity contribution < 1.29 is 28.3 Å². The molecule has 14 heteroatoms. The van der Waals surface area contributed by atoms with Gasteiger partial charge < -0.3 is 14.5 Å². The molecule has 4 heterocycles. The zero-order chi connectivity index (χ0) is 34.5. The lowest BCUT2D eigenvalue weighted by atomic mass is 9.98. The highest BCUT2D eigenvalue weighted by atomic mass is 19.1. The van der Waals surface area contributed by atoms with Crippen LogP contribution in [0.1, 0.15) is 84.2 Å². The van der Waals surface area contributed by atoms with Gasteiger partial charge in [0.05, 0.1) is 28.2 Å². The number of piperazine rings is 1. The van der Waals surface area contributed by atoms with E-state index in [9.17, 15) is 24.0 Å². The van der Waals surface area contributed by atoms with Crippen molar-refractivity contribution in [1.29, 1.82) is 0 Å². The highest BCUT2D eigenvalue weighted by Crippen LogP contribution is 2.43. The van der Waals surface area contributed by atoms with Crippen LogP contribution in [0.5, 0.6) is 0 Å². The maximum atomic E-state index is 16.1. The third-order valence-electron chi connectivity index (χ3n) is 7.97. The maximum Gasteiger partial charge on any atom is 0.410 e. The minimum Gasteiger partial charge on any atom is -0.444 e. The number of Topliss-reactive ketones (excluding diaryl/α,β-unsaturated/α-hetero) is 1. The number of hydrogen-bond donors (Lipinski definition) is 1. The number of allylic oxidation sites excluding steroid dienone is 6. The van der Waals surface area contributed by atoms with Crippen molar-refractivity contribution in [2.24, 2.45) is 0 Å². The van der Waals surface area contributed by atoms with Crippen LogP contribution in [0.3, 0.4) is 0 Å². The highest BCUT2D eigenvalue weighted by Gasteiger charge is 2.39. The largest absolute Gasteiger partial charge is 0.444 e. The number of ketones is 1. The molecule has 0 saturated carbocycles. The van der Waals surface area contributed by atoms with E-state index in [2.05, 4.69) is 15.0 Å². The molecule has 0 unspecified atom stereocenters. The number of amides is 1. The zero-order valence-corrected chi connectivity index (χ0v) is 27.7. The number of hydroxylamine groups is 1. The third-order valence-corrected chi connectivity index (χ3v) is 7.97. The van der Waals surface area contributed by atoms with Gasteiger partial charge in [0.2, 0.25) is 5.78 Å². The zero-order valence-electron chi connectivity index (χ0n) is 27.7. The molecule has 250 valence electrons. The van der Waals surface area contributed by atoms with Gasteiger partial charge in [0.15, 0.2) is 17.5 Å². The fraction of sp³-hybridized carbons (Fsp3) is 0.455. The Morgan fingerprint density at radius 3 is 2.26 bits per heavy atom. The summed E-state index contributed by atoms with van der Waals surface area (Å²) in [5.74, 6) is -3.90. The molecule has 0 radical (unpaired) electrons. The number of fused-ring (bicyclic) bond motifs is 1. The van der Waals surface area contributed by atoms with E-state index in [1.807, 2.05) is 34.6 Å². The van der Waals surface area contributed by atoms with Crippen molar-refractivity contribution >= 4 is 29.6 Å². The molecule has 0 aromatic carbocycles. The molecule has 2 aliphatic heterocycles. The maximum absolute atomic E-state index is 16.1. The van der Waals surface area contributed by atoms with Crippen LogP contribution in [0, 0.1) is 0 Å². The van der Waals surface area contributed by atoms with Gasteiger partial charge in [0, 0.05) is 25.7 Å². The molecule has 12 nitrogen and oxygen atoms in total. The Bertz CT molecular complexity index is 1790. The SMILES string of the molecule is CC(C)c1ncnc(C(C)C)c1-n1c2c(c(N3CCN(C(=O)OC(C)(C)C)C[C@@H]3C)nc1=O)C=C(F)/C(=C1/C=CC=C(F)C1=O)N2O. The number of carbonyl (C=O) groups excluding carboxylic acids is 2. The number of nitrogens with zero attached hydrogens (tertiary/aromatic N) is 7. The third kappa shape index (κ3) is 6.21. The van der Waals surface area contributed by atoms with Crippen LogP contribution in [0.2, 0.25) is 0 Å². The van der Waals surface area contributed by atoms with Gasteiger partial charge in [0.1, 0.15) is 23.4 Å². The molecule has 0 bridgehead atoms. The second-order valence-corrected chi connectivity index (χ2v) is 13.3. The second kappa shape index (κ2) is 12.5. The van der Waals surface area contributed by atoms with Gasteiger partial charge in [-0.1, -0.05) is 33.8 Å². The molecule has 2 aromatic rings. The van der Waals surface area contributed by atoms with Crippen molar-refractivity contribution in [3.63, 3.8) is 0 Å². The van der Waals surface area contributed by atoms with Crippen LogP contribution in [0.4, 0.5) is 25.2 Å². The minimum atomic E-state index is -1.13. The summed E-state index contributed by atoms with van der Waals surface area (Å²) < 4.78 is 37.2. The lowest BCUT2D eigenvalue weighted by Crippen LogP contribution is -2.55. The van der Waals surface area contributed by atoms with E-state index < -0.39 is 52.1 Å². The van der Waals surface area contributed by atoms with Crippen LogP contribution in [-0.2, 0) is 9.53 Å². The number of anilines is 2. The van der Waals surface area contributed by atoms with Gasteiger partial charge in [-0.3, -0.25) is 10.0 Å². The molecule has 1 atom stereocenters. The first kappa shape index (κ1) is 33.6. The summed E-state index contributed by atoms with van der Waals surface area (Å²) in [6.45, 7) is 15.3. The fourth-order valence-electron chi connectivity index (χ4n) is 5.86. The first-order valence-corrected chi connectivity index (χ1v) is 15.5. The average Bonchev–Trinajstić information content (AvgIpc) is 2.98. The molecule has 1 fully saturated rings. The van der Waals surface area contributed by atoms with Crippen LogP contribution in [0.15, 0.2) is 52.3 Å². The van der Waals surface area contributed by atoms with Crippen LogP contribution >= 0.6 is 0 Å². The molecule has 2 aromatic heterocycles. The van der Waals surface area contributed by atoms with E-state index in [1.165, 1.54) is 18.5 Å². The van der Waals surface area contributed by atoms with Crippen LogP contribution in [-0.4, -0.2) is 72.8 Å². The summed E-state index contributed by atoms with van der Waals surface area (Å²) in [6.07, 6.45) is 5.33. The molecule has 1 amide bonds. The Morgan fingerprint density at radius 1 is 1.04 bits per heavy atom. The summed E-state index contributed by atoms with van der Waals surface area (Å²) in [6, 6.07) is -0.411. The summed E-state index contributed by atoms with van der Waals surface area (Å²) in [7, 11) is 0. The number of halogens is 2. The molecular weight excluding hydrogens is 612 g/mol. The standard InChI is InChI=1S/C33H39F2N7O5/c1-17(2)24-27(25(18(3)4)37-16-36-24)41-30-21(14-23(35)26(42(30)46)20-10-9-11-22(34)28(20)43)29(38-31(41)44)40-13-12-39(15-19(40)5)32(45)47-33(6,7)8/h9-11,14,16-19,46H,12-13,15H2,1-8H3/b26-20+/t19-/m0/s1. The van der Waals surface area contributed by atoms with Crippen LogP contribution < -0.4 is 15.7 Å². The van der Waals surface area contributed by atoms with Gasteiger partial charge in [-0.05, 0) is 57.8 Å². The Labute approximate surface area is 271 Å². The Kier molecular flexibility index (Phi) is 8.93. The minimum absolute atomic E-state index is 0.0306. The van der Waals surface area contributed by atoms with E-state index >= 15 is 4.39 Å². The van der Waals surface area contributed by atoms with Crippen molar-refractivity contribution in [2.45, 2.75) is 78.9 Å². The van der Waals surface area contributed by atoms with E-state index in [1.54, 1.807) is 30.6 Å². The first-order valence-electron chi connectivity index (χ1n) is 15.5. The molecular formula is C33H39F2N7O5. The average molecular weight is 652 g/mol. The summed E-state index contributed by atoms with van der Waals surface area (Å²) >= 11 is 0. The van der Waals surface area contributed by atoms with Crippen LogP contribution in [0.25, 0.3) is 11.8 Å². The van der Waals surface area contributed by atoms with Gasteiger partial charge >= 0.3 is 11.8 Å². The van der Waals surface area contributed by atoms with E-state index in [4.69, 9.17) is 4.74 Å². The Morgan fingerprint density at radius 2 is 1.68 bits per heavy atom. The van der Waals surface area contributed by atoms with Crippen molar-refractivity contribution in [3.8, 4) is 5.69 Å². The van der Waals surface area contributed by atoms with Crippen molar-refractivity contribution in [3.05, 3.63) is 74.9 Å². The van der Waals surface area contributed by atoms with Gasteiger partial charge in [-0.2, -0.15) is 4.98 Å². The molecule has 47 heavy (non-hydrogen) atoms. The Balaban J connectivity index is 1.76. The molecule has 1 aliphatic carbocycles. The van der Waals surface area contributed by atoms with Gasteiger partial charge in [0.25, 0.3) is 0 Å². The number of carbonyl (C=O) groups is 2. The lowest BCUT2D eigenvalue weighted by molar-refractivity contribution is -0.113. The smallest absolute Gasteiger partial charge is 0.410 e. The number of ether oxygens (including phenoxy) is 1. The molecule has 0 spiro atoms. The fourth-order valence-corrected chi connectivity index (χ4v) is 5.86. The van der Waals surface area contributed by atoms with E-state index in [0.29, 0.717) is 16.5 Å². The second-order valence-electron chi connectivity index (χ2n) is 13.3. The summed E-state index contributed by atoms with van der Waals surface area (Å²) in [4.78, 5) is 56.5. The van der Waals surface area contributed by atoms with Crippen molar-refractivity contribution in [1.82, 2.24) is 24.4 Å². The van der Waals surface area contributed by atoms with E-state index in [-0.39, 0.29) is 54.4 Å². The normalized spacial score (nSPS) is 20.1. The predicted molar refractivity (Wildman–Crippen MR) is 172 cm³/mol. The molecule has 5 rings (SSSR count). The molecule has 1 saturated heterocycles. The van der Waals surface area contributed by atoms with E-state index in [0.717, 1.165) is 16.7 Å². The van der Waals surface area contributed by atoms with Gasteiger partial charge in [-0.15, -0.1) is 0 Å².